The molecule has 2 rings (SSSR count). The number of nitrogens with one attached hydrogen (secondary N) is 1. The van der Waals surface area contributed by atoms with Crippen molar-refractivity contribution in [1.29, 1.82) is 0 Å². The van der Waals surface area contributed by atoms with Crippen molar-refractivity contribution in [3.63, 3.8) is 0 Å². The first-order valence-electron chi connectivity index (χ1n) is 7.27. The predicted molar refractivity (Wildman–Crippen MR) is 73.2 cm³/mol. The number of hydrogen-bond acceptors (Lipinski definition) is 3. The van der Waals surface area contributed by atoms with Crippen LogP contribution in [0.2, 0.25) is 0 Å². The van der Waals surface area contributed by atoms with Crippen molar-refractivity contribution in [2.45, 2.75) is 45.7 Å². The van der Waals surface area contributed by atoms with Crippen LogP contribution in [0.25, 0.3) is 0 Å². The molecule has 4 heteroatoms. The van der Waals surface area contributed by atoms with Crippen LogP contribution >= 0.6 is 0 Å². The SMILES string of the molecule is CCC(C)C1NCN(C2CCN(C)CC2C)C1=O. The fourth-order valence-electron chi connectivity index (χ4n) is 3.31. The molecule has 0 spiro atoms. The average Bonchev–Trinajstić information content (AvgIpc) is 2.70. The second-order valence-electron chi connectivity index (χ2n) is 6.13. The van der Waals surface area contributed by atoms with Gasteiger partial charge in [-0.25, -0.2) is 0 Å². The van der Waals surface area contributed by atoms with Gasteiger partial charge in [0.2, 0.25) is 5.91 Å². The van der Waals surface area contributed by atoms with Crippen molar-refractivity contribution >= 4 is 5.91 Å². The third-order valence-corrected chi connectivity index (χ3v) is 4.71. The first-order chi connectivity index (χ1) is 8.54. The lowest BCUT2D eigenvalue weighted by molar-refractivity contribution is -0.133. The molecule has 104 valence electrons. The highest BCUT2D eigenvalue weighted by Gasteiger charge is 2.40. The predicted octanol–water partition coefficient (Wildman–Crippen LogP) is 1.13. The minimum Gasteiger partial charge on any atom is -0.325 e. The molecule has 0 aromatic heterocycles. The van der Waals surface area contributed by atoms with Crippen LogP contribution in [0, 0.1) is 11.8 Å². The fraction of sp³-hybridized carbons (Fsp3) is 0.929. The fourth-order valence-corrected chi connectivity index (χ4v) is 3.31. The van der Waals surface area contributed by atoms with Gasteiger partial charge in [-0.3, -0.25) is 10.1 Å². The lowest BCUT2D eigenvalue weighted by Crippen LogP contribution is -2.50. The first-order valence-corrected chi connectivity index (χ1v) is 7.27. The maximum absolute atomic E-state index is 12.5. The van der Waals surface area contributed by atoms with Gasteiger partial charge in [0.1, 0.15) is 0 Å². The molecular weight excluding hydrogens is 226 g/mol. The summed E-state index contributed by atoms with van der Waals surface area (Å²) in [6.45, 7) is 9.53. The summed E-state index contributed by atoms with van der Waals surface area (Å²) in [6, 6.07) is 0.470. The summed E-state index contributed by atoms with van der Waals surface area (Å²) in [6.07, 6.45) is 2.17. The molecule has 0 radical (unpaired) electrons. The van der Waals surface area contributed by atoms with Crippen molar-refractivity contribution < 1.29 is 4.79 Å². The molecule has 4 atom stereocenters. The lowest BCUT2D eigenvalue weighted by atomic mass is 9.92. The van der Waals surface area contributed by atoms with Crippen LogP contribution in [-0.4, -0.2) is 54.6 Å². The van der Waals surface area contributed by atoms with Gasteiger partial charge in [0, 0.05) is 12.6 Å². The molecule has 2 saturated heterocycles. The Balaban J connectivity index is 2.00. The monoisotopic (exact) mass is 253 g/mol. The maximum atomic E-state index is 12.5. The minimum atomic E-state index is 0.0434. The highest BCUT2D eigenvalue weighted by molar-refractivity contribution is 5.84. The van der Waals surface area contributed by atoms with Crippen molar-refractivity contribution in [3.8, 4) is 0 Å². The van der Waals surface area contributed by atoms with Gasteiger partial charge in [-0.05, 0) is 31.8 Å². The van der Waals surface area contributed by atoms with E-state index in [2.05, 4.69) is 42.9 Å². The van der Waals surface area contributed by atoms with Crippen LogP contribution in [0.3, 0.4) is 0 Å². The molecule has 2 fully saturated rings. The summed E-state index contributed by atoms with van der Waals surface area (Å²) >= 11 is 0. The van der Waals surface area contributed by atoms with Gasteiger partial charge < -0.3 is 9.80 Å². The molecular formula is C14H27N3O. The van der Waals surface area contributed by atoms with E-state index in [4.69, 9.17) is 0 Å². The molecule has 1 N–H and O–H groups in total. The van der Waals surface area contributed by atoms with Crippen molar-refractivity contribution in [2.75, 3.05) is 26.8 Å². The number of hydrogen-bond donors (Lipinski definition) is 1. The highest BCUT2D eigenvalue weighted by atomic mass is 16.2. The summed E-state index contributed by atoms with van der Waals surface area (Å²) in [7, 11) is 2.17. The van der Waals surface area contributed by atoms with E-state index in [-0.39, 0.29) is 6.04 Å². The quantitative estimate of drug-likeness (QED) is 0.819. The molecule has 2 aliphatic rings. The van der Waals surface area contributed by atoms with E-state index in [0.29, 0.717) is 23.8 Å². The summed E-state index contributed by atoms with van der Waals surface area (Å²) in [4.78, 5) is 16.9. The van der Waals surface area contributed by atoms with Gasteiger partial charge >= 0.3 is 0 Å². The van der Waals surface area contributed by atoms with E-state index in [1.807, 2.05) is 0 Å². The number of piperidine rings is 1. The van der Waals surface area contributed by atoms with Gasteiger partial charge in [-0.15, -0.1) is 0 Å². The molecule has 0 saturated carbocycles. The van der Waals surface area contributed by atoms with Crippen LogP contribution in [0.4, 0.5) is 0 Å². The molecule has 18 heavy (non-hydrogen) atoms. The largest absolute Gasteiger partial charge is 0.325 e. The Hall–Kier alpha value is -0.610. The van der Waals surface area contributed by atoms with Crippen LogP contribution in [0.5, 0.6) is 0 Å². The third kappa shape index (κ3) is 2.54. The van der Waals surface area contributed by atoms with Gasteiger partial charge in [0.15, 0.2) is 0 Å². The van der Waals surface area contributed by atoms with Crippen LogP contribution < -0.4 is 5.32 Å². The van der Waals surface area contributed by atoms with E-state index >= 15 is 0 Å². The standard InChI is InChI=1S/C14H27N3O/c1-5-10(2)13-14(18)17(9-15-13)12-6-7-16(4)8-11(12)3/h10-13,15H,5-9H2,1-4H3. The molecule has 1 amide bonds. The summed E-state index contributed by atoms with van der Waals surface area (Å²) in [5.41, 5.74) is 0. The number of rotatable bonds is 3. The number of nitrogens with zero attached hydrogens (tertiary/aromatic N) is 2. The second-order valence-corrected chi connectivity index (χ2v) is 6.13. The number of amides is 1. The lowest BCUT2D eigenvalue weighted by Gasteiger charge is -2.39. The third-order valence-electron chi connectivity index (χ3n) is 4.71. The van der Waals surface area contributed by atoms with Crippen molar-refractivity contribution in [3.05, 3.63) is 0 Å². The average molecular weight is 253 g/mol. The molecule has 0 aromatic carbocycles. The Labute approximate surface area is 111 Å². The zero-order chi connectivity index (χ0) is 13.3. The van der Waals surface area contributed by atoms with Crippen LogP contribution in [0.1, 0.15) is 33.6 Å². The van der Waals surface area contributed by atoms with E-state index in [0.717, 1.165) is 32.6 Å². The zero-order valence-corrected chi connectivity index (χ0v) is 12.1. The first kappa shape index (κ1) is 13.8. The van der Waals surface area contributed by atoms with Crippen molar-refractivity contribution in [1.82, 2.24) is 15.1 Å². The van der Waals surface area contributed by atoms with Gasteiger partial charge in [0.25, 0.3) is 0 Å². The van der Waals surface area contributed by atoms with E-state index < -0.39 is 0 Å². The van der Waals surface area contributed by atoms with E-state index in [9.17, 15) is 4.79 Å². The smallest absolute Gasteiger partial charge is 0.241 e. The van der Waals surface area contributed by atoms with E-state index in [1.165, 1.54) is 0 Å². The Bertz CT molecular complexity index is 307. The number of carbonyl (C=O) groups is 1. The van der Waals surface area contributed by atoms with Gasteiger partial charge in [0.05, 0.1) is 12.7 Å². The molecule has 0 aliphatic carbocycles. The second kappa shape index (κ2) is 5.57. The molecule has 2 heterocycles. The Kier molecular flexibility index (Phi) is 4.28. The summed E-state index contributed by atoms with van der Waals surface area (Å²) < 4.78 is 0. The van der Waals surface area contributed by atoms with Crippen molar-refractivity contribution in [2.24, 2.45) is 11.8 Å². The topological polar surface area (TPSA) is 35.6 Å². The molecule has 4 unspecified atom stereocenters. The molecule has 4 nitrogen and oxygen atoms in total. The van der Waals surface area contributed by atoms with Crippen LogP contribution in [0.15, 0.2) is 0 Å². The minimum absolute atomic E-state index is 0.0434. The molecule has 0 aromatic rings. The number of carbonyl (C=O) groups excluding carboxylic acids is 1. The van der Waals surface area contributed by atoms with Gasteiger partial charge in [-0.2, -0.15) is 0 Å². The Morgan fingerprint density at radius 1 is 1.50 bits per heavy atom. The van der Waals surface area contributed by atoms with Crippen LogP contribution in [-0.2, 0) is 4.79 Å². The van der Waals surface area contributed by atoms with E-state index in [1.54, 1.807) is 0 Å². The summed E-state index contributed by atoms with van der Waals surface area (Å²) in [5.74, 6) is 1.33. The Morgan fingerprint density at radius 2 is 2.22 bits per heavy atom. The highest BCUT2D eigenvalue weighted by Crippen LogP contribution is 2.25. The maximum Gasteiger partial charge on any atom is 0.241 e. The molecule has 2 aliphatic heterocycles. The zero-order valence-electron chi connectivity index (χ0n) is 12.1. The Morgan fingerprint density at radius 3 is 2.83 bits per heavy atom. The van der Waals surface area contributed by atoms with Gasteiger partial charge in [-0.1, -0.05) is 27.2 Å². The number of likely N-dealkylation sites (tertiary alicyclic amines) is 1. The molecule has 0 bridgehead atoms. The summed E-state index contributed by atoms with van der Waals surface area (Å²) in [5, 5.41) is 3.40. The normalized spacial score (nSPS) is 36.1.